The molecule has 0 fully saturated rings. The van der Waals surface area contributed by atoms with E-state index in [9.17, 15) is 22.4 Å². The molecule has 10 nitrogen and oxygen atoms in total. The number of nitrogens with one attached hydrogen (secondary N) is 1. The van der Waals surface area contributed by atoms with Gasteiger partial charge in [0.05, 0.1) is 7.11 Å². The second kappa shape index (κ2) is 12.0. The van der Waals surface area contributed by atoms with Crippen LogP contribution in [0.2, 0.25) is 0 Å². The number of sulfone groups is 1. The Labute approximate surface area is 198 Å². The van der Waals surface area contributed by atoms with Crippen LogP contribution in [0.25, 0.3) is 11.1 Å². The van der Waals surface area contributed by atoms with E-state index < -0.39 is 27.7 Å². The van der Waals surface area contributed by atoms with Gasteiger partial charge in [-0.25, -0.2) is 28.0 Å². The highest BCUT2D eigenvalue weighted by Gasteiger charge is 2.28. The normalized spacial score (nSPS) is 11.0. The zero-order valence-electron chi connectivity index (χ0n) is 17.9. The highest BCUT2D eigenvalue weighted by atomic mass is 32.2. The highest BCUT2D eigenvalue weighted by molar-refractivity contribution is 7.93. The van der Waals surface area contributed by atoms with Crippen LogP contribution in [0, 0.1) is 5.95 Å². The topological polar surface area (TPSA) is 156 Å². The Morgan fingerprint density at radius 1 is 1.15 bits per heavy atom. The van der Waals surface area contributed by atoms with Gasteiger partial charge in [0, 0.05) is 47.0 Å². The van der Waals surface area contributed by atoms with Crippen LogP contribution in [0.3, 0.4) is 0 Å². The standard InChI is InChI=1S/C17H16FN3O3S2.C4H4O4/c1-19-10-11-9-13(12-5-4-8-20-16(12)18)17(25-11)26(22,23)15-7-3-6-14(21-15)24-2;5-3(6)1-2-4(7)8/h3-9,19H,10H2,1-2H3;1-2H,(H,5,6)(H,7,8). The average molecular weight is 510 g/mol. The van der Waals surface area contributed by atoms with E-state index in [0.29, 0.717) is 18.7 Å². The Morgan fingerprint density at radius 3 is 2.38 bits per heavy atom. The number of carboxylic acid groups (broad SMARTS) is 2. The van der Waals surface area contributed by atoms with Gasteiger partial charge < -0.3 is 20.3 Å². The minimum Gasteiger partial charge on any atom is -0.481 e. The van der Waals surface area contributed by atoms with Gasteiger partial charge in [-0.3, -0.25) is 0 Å². The summed E-state index contributed by atoms with van der Waals surface area (Å²) in [5.74, 6) is -3.05. The number of aliphatic carboxylic acids is 2. The molecule has 0 aliphatic rings. The van der Waals surface area contributed by atoms with Crippen molar-refractivity contribution in [1.29, 1.82) is 0 Å². The van der Waals surface area contributed by atoms with Gasteiger partial charge in [-0.15, -0.1) is 11.3 Å². The number of thiophene rings is 1. The second-order valence-corrected chi connectivity index (χ2v) is 9.55. The van der Waals surface area contributed by atoms with E-state index in [4.69, 9.17) is 14.9 Å². The molecule has 0 amide bonds. The molecular formula is C21H20FN3O7S2. The number of rotatable bonds is 8. The zero-order chi connectivity index (χ0) is 25.3. The lowest BCUT2D eigenvalue weighted by Crippen LogP contribution is -2.05. The first-order chi connectivity index (χ1) is 16.1. The van der Waals surface area contributed by atoms with Gasteiger partial charge in [0.15, 0.2) is 5.03 Å². The van der Waals surface area contributed by atoms with Crippen molar-refractivity contribution in [2.45, 2.75) is 15.8 Å². The predicted octanol–water partition coefficient (Wildman–Crippen LogP) is 2.62. The van der Waals surface area contributed by atoms with Crippen LogP contribution in [-0.2, 0) is 26.0 Å². The van der Waals surface area contributed by atoms with Crippen molar-refractivity contribution in [2.24, 2.45) is 0 Å². The van der Waals surface area contributed by atoms with Crippen molar-refractivity contribution < 1.29 is 37.3 Å². The Bertz CT molecular complexity index is 1290. The van der Waals surface area contributed by atoms with Crippen molar-refractivity contribution in [3.8, 4) is 17.0 Å². The monoisotopic (exact) mass is 509 g/mol. The van der Waals surface area contributed by atoms with Crippen molar-refractivity contribution in [3.05, 3.63) is 65.6 Å². The molecule has 0 radical (unpaired) electrons. The smallest absolute Gasteiger partial charge is 0.328 e. The number of hydrogen-bond donors (Lipinski definition) is 3. The fourth-order valence-corrected chi connectivity index (χ4v) is 5.60. The maximum Gasteiger partial charge on any atom is 0.328 e. The SMILES string of the molecule is CNCc1cc(-c2cccnc2F)c(S(=O)(=O)c2cccc(OC)n2)s1.O=C(O)C=CC(=O)O. The van der Waals surface area contributed by atoms with Crippen LogP contribution >= 0.6 is 11.3 Å². The molecule has 3 rings (SSSR count). The minimum absolute atomic E-state index is 0.0235. The van der Waals surface area contributed by atoms with Crippen molar-refractivity contribution in [1.82, 2.24) is 15.3 Å². The van der Waals surface area contributed by atoms with E-state index in [1.807, 2.05) is 0 Å². The summed E-state index contributed by atoms with van der Waals surface area (Å²) in [5, 5.41) is 18.4. The lowest BCUT2D eigenvalue weighted by atomic mass is 10.1. The Hall–Kier alpha value is -3.68. The van der Waals surface area contributed by atoms with E-state index >= 15 is 0 Å². The summed E-state index contributed by atoms with van der Waals surface area (Å²) < 4.78 is 45.6. The van der Waals surface area contributed by atoms with Crippen LogP contribution in [0.5, 0.6) is 5.88 Å². The first-order valence-electron chi connectivity index (χ1n) is 9.38. The first-order valence-corrected chi connectivity index (χ1v) is 11.7. The lowest BCUT2D eigenvalue weighted by Gasteiger charge is -2.07. The summed E-state index contributed by atoms with van der Waals surface area (Å²) in [4.78, 5) is 27.5. The number of halogens is 1. The quantitative estimate of drug-likeness (QED) is 0.305. The largest absolute Gasteiger partial charge is 0.481 e. The van der Waals surface area contributed by atoms with E-state index in [1.165, 1.54) is 25.4 Å². The first kappa shape index (κ1) is 26.6. The van der Waals surface area contributed by atoms with Gasteiger partial charge in [-0.05, 0) is 31.3 Å². The van der Waals surface area contributed by atoms with Gasteiger partial charge in [0.25, 0.3) is 0 Å². The molecule has 0 aliphatic carbocycles. The Kier molecular flexibility index (Phi) is 9.36. The summed E-state index contributed by atoms with van der Waals surface area (Å²) >= 11 is 1.08. The number of pyridine rings is 2. The van der Waals surface area contributed by atoms with E-state index in [1.54, 1.807) is 31.3 Å². The van der Waals surface area contributed by atoms with Crippen molar-refractivity contribution in [2.75, 3.05) is 14.2 Å². The molecule has 3 aromatic heterocycles. The van der Waals surface area contributed by atoms with E-state index in [2.05, 4.69) is 15.3 Å². The molecular weight excluding hydrogens is 489 g/mol. The summed E-state index contributed by atoms with van der Waals surface area (Å²) in [6, 6.07) is 9.22. The van der Waals surface area contributed by atoms with Gasteiger partial charge in [0.2, 0.25) is 21.7 Å². The number of methoxy groups -OCH3 is 1. The molecule has 0 unspecified atom stereocenters. The number of nitrogens with zero attached hydrogens (tertiary/aromatic N) is 2. The highest BCUT2D eigenvalue weighted by Crippen LogP contribution is 2.38. The summed E-state index contributed by atoms with van der Waals surface area (Å²) in [6.45, 7) is 0.459. The zero-order valence-corrected chi connectivity index (χ0v) is 19.6. The molecule has 0 aromatic carbocycles. The molecule has 3 aromatic rings. The predicted molar refractivity (Wildman–Crippen MR) is 121 cm³/mol. The molecule has 34 heavy (non-hydrogen) atoms. The van der Waals surface area contributed by atoms with E-state index in [0.717, 1.165) is 16.2 Å². The van der Waals surface area contributed by atoms with E-state index in [-0.39, 0.29) is 26.2 Å². The van der Waals surface area contributed by atoms with Crippen LogP contribution in [0.1, 0.15) is 4.88 Å². The van der Waals surface area contributed by atoms with Gasteiger partial charge in [-0.2, -0.15) is 4.39 Å². The maximum atomic E-state index is 14.2. The molecule has 3 heterocycles. The molecule has 0 aliphatic heterocycles. The summed E-state index contributed by atoms with van der Waals surface area (Å²) in [5.41, 5.74) is 0.406. The number of carboxylic acids is 2. The van der Waals surface area contributed by atoms with Crippen LogP contribution in [0.15, 0.2) is 64.0 Å². The molecule has 0 saturated heterocycles. The number of ether oxygens (including phenoxy) is 1. The van der Waals surface area contributed by atoms with Gasteiger partial charge >= 0.3 is 11.9 Å². The molecule has 0 saturated carbocycles. The average Bonchev–Trinajstić information content (AvgIpc) is 3.23. The second-order valence-electron chi connectivity index (χ2n) is 6.32. The minimum atomic E-state index is -3.96. The van der Waals surface area contributed by atoms with Gasteiger partial charge in [0.1, 0.15) is 4.21 Å². The maximum absolute atomic E-state index is 14.2. The van der Waals surface area contributed by atoms with Crippen molar-refractivity contribution in [3.63, 3.8) is 0 Å². The number of hydrogen-bond acceptors (Lipinski definition) is 9. The third kappa shape index (κ3) is 6.91. The fourth-order valence-electron chi connectivity index (χ4n) is 2.56. The Balaban J connectivity index is 0.000000440. The molecule has 0 atom stereocenters. The van der Waals surface area contributed by atoms with Crippen LogP contribution in [-0.4, -0.2) is 54.7 Å². The molecule has 3 N–H and O–H groups in total. The molecule has 0 bridgehead atoms. The fraction of sp³-hybridized carbons (Fsp3) is 0.143. The van der Waals surface area contributed by atoms with Gasteiger partial charge in [-0.1, -0.05) is 6.07 Å². The molecule has 0 spiro atoms. The lowest BCUT2D eigenvalue weighted by molar-refractivity contribution is -0.134. The van der Waals surface area contributed by atoms with Crippen LogP contribution in [0.4, 0.5) is 4.39 Å². The molecule has 13 heteroatoms. The third-order valence-electron chi connectivity index (χ3n) is 3.94. The number of aromatic nitrogens is 2. The molecule has 180 valence electrons. The third-order valence-corrected chi connectivity index (χ3v) is 7.27. The summed E-state index contributed by atoms with van der Waals surface area (Å²) in [7, 11) is -0.800. The Morgan fingerprint density at radius 2 is 1.82 bits per heavy atom. The summed E-state index contributed by atoms with van der Waals surface area (Å²) in [6.07, 6.45) is 2.43. The number of carbonyl (C=O) groups is 2. The van der Waals surface area contributed by atoms with Crippen molar-refractivity contribution >= 4 is 33.1 Å². The van der Waals surface area contributed by atoms with Crippen LogP contribution < -0.4 is 10.1 Å².